The molecule has 0 spiro atoms. The van der Waals surface area contributed by atoms with Crippen LogP contribution >= 0.6 is 0 Å². The number of hydrogen-bond donors (Lipinski definition) is 1. The van der Waals surface area contributed by atoms with Crippen molar-refractivity contribution in [3.05, 3.63) is 90.3 Å². The van der Waals surface area contributed by atoms with Crippen molar-refractivity contribution in [2.75, 3.05) is 11.6 Å². The molecule has 9 heteroatoms. The Bertz CT molecular complexity index is 1420. The monoisotopic (exact) mass is 454 g/mol. The van der Waals surface area contributed by atoms with Crippen LogP contribution in [0.4, 0.5) is 14.5 Å². The number of halogens is 2. The normalized spacial score (nSPS) is 11.3. The number of sulfone groups is 1. The molecular weight excluding hydrogens is 438 g/mol. The minimum absolute atomic E-state index is 0.0559. The second-order valence-electron chi connectivity index (χ2n) is 6.98. The zero-order chi connectivity index (χ0) is 22.9. The fraction of sp³-hybridized carbons (Fsp3) is 0.0435. The number of amides is 1. The van der Waals surface area contributed by atoms with Crippen LogP contribution in [0, 0.1) is 11.6 Å². The van der Waals surface area contributed by atoms with E-state index < -0.39 is 27.4 Å². The smallest absolute Gasteiger partial charge is 0.256 e. The molecule has 0 fully saturated rings. The predicted molar refractivity (Wildman–Crippen MR) is 115 cm³/mol. The molecule has 4 aromatic rings. The van der Waals surface area contributed by atoms with Crippen LogP contribution in [0.2, 0.25) is 0 Å². The molecule has 1 amide bonds. The summed E-state index contributed by atoms with van der Waals surface area (Å²) in [5.74, 6) is -2.35. The van der Waals surface area contributed by atoms with Gasteiger partial charge in [-0.15, -0.1) is 0 Å². The van der Waals surface area contributed by atoms with Gasteiger partial charge in [0.15, 0.2) is 21.5 Å². The number of nitrogens with one attached hydrogen (secondary N) is 1. The van der Waals surface area contributed by atoms with E-state index in [9.17, 15) is 22.0 Å². The summed E-state index contributed by atoms with van der Waals surface area (Å²) in [6, 6.07) is 13.8. The molecule has 3 aromatic carbocycles. The third-order valence-electron chi connectivity index (χ3n) is 4.69. The van der Waals surface area contributed by atoms with Gasteiger partial charge in [-0.1, -0.05) is 12.1 Å². The lowest BCUT2D eigenvalue weighted by Crippen LogP contribution is -2.14. The number of carbonyl (C=O) groups is 1. The molecule has 1 aromatic heterocycles. The lowest BCUT2D eigenvalue weighted by Gasteiger charge is -2.13. The number of oxazole rings is 1. The molecule has 6 nitrogen and oxygen atoms in total. The van der Waals surface area contributed by atoms with Crippen molar-refractivity contribution >= 4 is 21.4 Å². The Morgan fingerprint density at radius 1 is 0.969 bits per heavy atom. The summed E-state index contributed by atoms with van der Waals surface area (Å²) < 4.78 is 56.6. The molecule has 0 aliphatic carbocycles. The van der Waals surface area contributed by atoms with Crippen LogP contribution in [0.5, 0.6) is 0 Å². The Morgan fingerprint density at radius 3 is 2.47 bits per heavy atom. The summed E-state index contributed by atoms with van der Waals surface area (Å²) in [6.45, 7) is 0. The molecule has 0 bridgehead atoms. The SMILES string of the molecule is CS(=O)(=O)c1ccc(C(=O)Nc2cccc(-c3ncco3)c2)c(-c2ccc(F)c(F)c2)c1. The Kier molecular flexibility index (Phi) is 5.58. The molecule has 0 aliphatic rings. The van der Waals surface area contributed by atoms with E-state index in [1.807, 2.05) is 0 Å². The molecule has 0 saturated carbocycles. The van der Waals surface area contributed by atoms with Crippen molar-refractivity contribution in [1.82, 2.24) is 4.98 Å². The van der Waals surface area contributed by atoms with E-state index in [-0.39, 0.29) is 21.6 Å². The Balaban J connectivity index is 1.75. The quantitative estimate of drug-likeness (QED) is 0.461. The first-order valence-corrected chi connectivity index (χ1v) is 11.2. The van der Waals surface area contributed by atoms with E-state index in [0.29, 0.717) is 17.1 Å². The van der Waals surface area contributed by atoms with E-state index in [4.69, 9.17) is 4.42 Å². The average Bonchev–Trinajstić information content (AvgIpc) is 3.30. The van der Waals surface area contributed by atoms with Gasteiger partial charge in [-0.25, -0.2) is 22.2 Å². The van der Waals surface area contributed by atoms with Crippen molar-refractivity contribution < 1.29 is 26.4 Å². The van der Waals surface area contributed by atoms with Gasteiger partial charge in [0.25, 0.3) is 5.91 Å². The largest absolute Gasteiger partial charge is 0.445 e. The van der Waals surface area contributed by atoms with Crippen LogP contribution in [0.3, 0.4) is 0 Å². The predicted octanol–water partition coefficient (Wildman–Crippen LogP) is 4.94. The summed E-state index contributed by atoms with van der Waals surface area (Å²) in [5, 5.41) is 2.73. The molecule has 0 aliphatic heterocycles. The number of anilines is 1. The number of carbonyl (C=O) groups excluding carboxylic acids is 1. The zero-order valence-corrected chi connectivity index (χ0v) is 17.5. The van der Waals surface area contributed by atoms with Gasteiger partial charge in [0.1, 0.15) is 6.26 Å². The van der Waals surface area contributed by atoms with Crippen LogP contribution in [0.1, 0.15) is 10.4 Å². The van der Waals surface area contributed by atoms with Gasteiger partial charge in [-0.3, -0.25) is 4.79 Å². The van der Waals surface area contributed by atoms with Crippen molar-refractivity contribution in [3.63, 3.8) is 0 Å². The Hall–Kier alpha value is -3.85. The van der Waals surface area contributed by atoms with Crippen LogP contribution < -0.4 is 5.32 Å². The molecular formula is C23H16F2N2O4S. The molecule has 0 saturated heterocycles. The van der Waals surface area contributed by atoms with Crippen LogP contribution in [-0.4, -0.2) is 25.6 Å². The molecule has 32 heavy (non-hydrogen) atoms. The second kappa shape index (κ2) is 8.35. The highest BCUT2D eigenvalue weighted by Crippen LogP contribution is 2.29. The molecule has 4 rings (SSSR count). The number of benzene rings is 3. The van der Waals surface area contributed by atoms with Crippen molar-refractivity contribution in [2.24, 2.45) is 0 Å². The molecule has 0 atom stereocenters. The highest BCUT2D eigenvalue weighted by atomic mass is 32.2. The standard InChI is InChI=1S/C23H16F2N2O4S/c1-32(29,30)17-6-7-18(19(13-17)14-5-8-20(24)21(25)12-14)22(28)27-16-4-2-3-15(11-16)23-26-9-10-31-23/h2-13H,1H3,(H,27,28). The first-order chi connectivity index (χ1) is 15.2. The topological polar surface area (TPSA) is 89.3 Å². The van der Waals surface area contributed by atoms with Gasteiger partial charge >= 0.3 is 0 Å². The van der Waals surface area contributed by atoms with Gasteiger partial charge in [-0.05, 0) is 59.7 Å². The third kappa shape index (κ3) is 4.42. The fourth-order valence-electron chi connectivity index (χ4n) is 3.15. The number of aromatic nitrogens is 1. The highest BCUT2D eigenvalue weighted by molar-refractivity contribution is 7.90. The lowest BCUT2D eigenvalue weighted by atomic mass is 9.98. The third-order valence-corrected chi connectivity index (χ3v) is 5.80. The maximum Gasteiger partial charge on any atom is 0.256 e. The summed E-state index contributed by atoms with van der Waals surface area (Å²) in [5.41, 5.74) is 1.47. The van der Waals surface area contributed by atoms with Crippen LogP contribution in [0.25, 0.3) is 22.6 Å². The van der Waals surface area contributed by atoms with Crippen molar-refractivity contribution in [3.8, 4) is 22.6 Å². The van der Waals surface area contributed by atoms with Gasteiger partial charge in [0, 0.05) is 23.1 Å². The number of rotatable bonds is 5. The number of hydrogen-bond acceptors (Lipinski definition) is 5. The molecule has 162 valence electrons. The molecule has 0 radical (unpaired) electrons. The lowest BCUT2D eigenvalue weighted by molar-refractivity contribution is 0.102. The van der Waals surface area contributed by atoms with Crippen molar-refractivity contribution in [1.29, 1.82) is 0 Å². The molecule has 1 heterocycles. The van der Waals surface area contributed by atoms with E-state index >= 15 is 0 Å². The second-order valence-corrected chi connectivity index (χ2v) is 9.00. The van der Waals surface area contributed by atoms with Gasteiger partial charge in [0.2, 0.25) is 5.89 Å². The maximum atomic E-state index is 13.8. The first-order valence-electron chi connectivity index (χ1n) is 9.33. The van der Waals surface area contributed by atoms with E-state index in [0.717, 1.165) is 18.4 Å². The van der Waals surface area contributed by atoms with Crippen LogP contribution in [-0.2, 0) is 9.84 Å². The zero-order valence-electron chi connectivity index (χ0n) is 16.7. The highest BCUT2D eigenvalue weighted by Gasteiger charge is 2.19. The summed E-state index contributed by atoms with van der Waals surface area (Å²) in [4.78, 5) is 17.1. The molecule has 0 unspecified atom stereocenters. The minimum Gasteiger partial charge on any atom is -0.445 e. The van der Waals surface area contributed by atoms with Gasteiger partial charge in [0.05, 0.1) is 11.1 Å². The van der Waals surface area contributed by atoms with E-state index in [1.54, 1.807) is 24.3 Å². The van der Waals surface area contributed by atoms with Gasteiger partial charge < -0.3 is 9.73 Å². The minimum atomic E-state index is -3.60. The summed E-state index contributed by atoms with van der Waals surface area (Å²) in [6.07, 6.45) is 3.95. The number of nitrogens with zero attached hydrogens (tertiary/aromatic N) is 1. The van der Waals surface area contributed by atoms with E-state index in [2.05, 4.69) is 10.3 Å². The van der Waals surface area contributed by atoms with E-state index in [1.165, 1.54) is 36.7 Å². The van der Waals surface area contributed by atoms with Gasteiger partial charge in [-0.2, -0.15) is 0 Å². The average molecular weight is 454 g/mol. The summed E-state index contributed by atoms with van der Waals surface area (Å²) in [7, 11) is -3.60. The Labute approximate surface area is 182 Å². The fourth-order valence-corrected chi connectivity index (χ4v) is 3.80. The summed E-state index contributed by atoms with van der Waals surface area (Å²) >= 11 is 0. The Morgan fingerprint density at radius 2 is 1.78 bits per heavy atom. The first kappa shape index (κ1) is 21.4. The maximum absolute atomic E-state index is 13.8. The van der Waals surface area contributed by atoms with Crippen molar-refractivity contribution in [2.45, 2.75) is 4.90 Å². The molecule has 1 N–H and O–H groups in total. The van der Waals surface area contributed by atoms with Crippen LogP contribution in [0.15, 0.2) is 82.4 Å².